The fraction of sp³-hybridized carbons (Fsp3) is 0.286. The quantitative estimate of drug-likeness (QED) is 0.275. The molecular formula is C14H12N2O6S. The van der Waals surface area contributed by atoms with Crippen molar-refractivity contribution in [3.63, 3.8) is 0 Å². The third-order valence-corrected chi connectivity index (χ3v) is 4.74. The molecule has 1 saturated heterocycles. The number of thioether (sulfide) groups is 1. The first-order chi connectivity index (χ1) is 10.9. The predicted molar refractivity (Wildman–Crippen MR) is 80.6 cm³/mol. The monoisotopic (exact) mass is 336 g/mol. The number of non-ortho nitro benzene ring substituents is 1. The highest BCUT2D eigenvalue weighted by molar-refractivity contribution is 8.01. The fourth-order valence-electron chi connectivity index (χ4n) is 2.18. The molecule has 0 spiro atoms. The summed E-state index contributed by atoms with van der Waals surface area (Å²) < 4.78 is 10.3. The number of carbonyl (C=O) groups excluding carboxylic acids is 2. The van der Waals surface area contributed by atoms with Gasteiger partial charge in [0, 0.05) is 18.3 Å². The minimum absolute atomic E-state index is 0.0363. The van der Waals surface area contributed by atoms with Crippen LogP contribution < -0.4 is 4.74 Å². The van der Waals surface area contributed by atoms with Gasteiger partial charge >= 0.3 is 6.16 Å². The number of amides is 1. The summed E-state index contributed by atoms with van der Waals surface area (Å²) in [5.74, 6) is 0.184. The van der Waals surface area contributed by atoms with Crippen molar-refractivity contribution >= 4 is 29.5 Å². The molecule has 1 fully saturated rings. The fourth-order valence-corrected chi connectivity index (χ4v) is 3.50. The SMILES string of the molecule is CC1(OC(=O)Oc2ccc([N+](=O)[O-])cc2)C=CN2C(=O)C[C@H]2S1. The van der Waals surface area contributed by atoms with Crippen molar-refractivity contribution in [2.75, 3.05) is 0 Å². The maximum Gasteiger partial charge on any atom is 0.515 e. The van der Waals surface area contributed by atoms with Gasteiger partial charge in [0.2, 0.25) is 5.91 Å². The normalized spacial score (nSPS) is 25.3. The first-order valence-corrected chi connectivity index (χ1v) is 7.58. The van der Waals surface area contributed by atoms with Crippen LogP contribution in [0.2, 0.25) is 0 Å². The van der Waals surface area contributed by atoms with Crippen LogP contribution in [0.15, 0.2) is 36.5 Å². The van der Waals surface area contributed by atoms with Crippen molar-refractivity contribution in [2.24, 2.45) is 0 Å². The molecule has 2 atom stereocenters. The van der Waals surface area contributed by atoms with Crippen LogP contribution in [0.1, 0.15) is 13.3 Å². The summed E-state index contributed by atoms with van der Waals surface area (Å²) in [6, 6.07) is 5.10. The number of benzene rings is 1. The molecule has 1 unspecified atom stereocenters. The molecule has 3 rings (SSSR count). The molecule has 1 amide bonds. The van der Waals surface area contributed by atoms with Crippen molar-refractivity contribution in [1.29, 1.82) is 0 Å². The molecule has 2 heterocycles. The summed E-state index contributed by atoms with van der Waals surface area (Å²) in [5.41, 5.74) is -0.0989. The Morgan fingerprint density at radius 2 is 2.13 bits per heavy atom. The number of fused-ring (bicyclic) bond motifs is 1. The molecule has 0 N–H and O–H groups in total. The second-order valence-corrected chi connectivity index (χ2v) is 6.70. The van der Waals surface area contributed by atoms with Crippen LogP contribution in [-0.2, 0) is 9.53 Å². The van der Waals surface area contributed by atoms with Crippen molar-refractivity contribution in [3.05, 3.63) is 46.7 Å². The van der Waals surface area contributed by atoms with Crippen LogP contribution in [0.5, 0.6) is 5.75 Å². The maximum absolute atomic E-state index is 11.9. The smallest absolute Gasteiger partial charge is 0.412 e. The summed E-state index contributed by atoms with van der Waals surface area (Å²) in [7, 11) is 0. The lowest BCUT2D eigenvalue weighted by Gasteiger charge is -2.44. The third-order valence-electron chi connectivity index (χ3n) is 3.39. The minimum Gasteiger partial charge on any atom is -0.412 e. The first-order valence-electron chi connectivity index (χ1n) is 6.70. The average Bonchev–Trinajstić information content (AvgIpc) is 2.46. The van der Waals surface area contributed by atoms with Crippen molar-refractivity contribution < 1.29 is 24.0 Å². The van der Waals surface area contributed by atoms with Gasteiger partial charge in [0.1, 0.15) is 5.75 Å². The van der Waals surface area contributed by atoms with E-state index in [-0.39, 0.29) is 22.7 Å². The second-order valence-electron chi connectivity index (χ2n) is 5.11. The van der Waals surface area contributed by atoms with Crippen molar-refractivity contribution in [1.82, 2.24) is 4.90 Å². The van der Waals surface area contributed by atoms with Crippen LogP contribution >= 0.6 is 11.8 Å². The van der Waals surface area contributed by atoms with Gasteiger partial charge in [0.15, 0.2) is 4.93 Å². The molecule has 0 saturated carbocycles. The van der Waals surface area contributed by atoms with Gasteiger partial charge in [-0.2, -0.15) is 0 Å². The Bertz CT molecular complexity index is 704. The summed E-state index contributed by atoms with van der Waals surface area (Å²) >= 11 is 1.34. The third kappa shape index (κ3) is 3.14. The van der Waals surface area contributed by atoms with E-state index in [4.69, 9.17) is 9.47 Å². The average molecular weight is 336 g/mol. The number of nitro groups is 1. The number of carbonyl (C=O) groups is 2. The highest BCUT2D eigenvalue weighted by Crippen LogP contribution is 2.43. The van der Waals surface area contributed by atoms with Gasteiger partial charge < -0.3 is 14.4 Å². The molecule has 0 bridgehead atoms. The molecule has 1 aromatic carbocycles. The molecule has 9 heteroatoms. The van der Waals surface area contributed by atoms with Crippen LogP contribution in [0.4, 0.5) is 10.5 Å². The number of hydrogen-bond donors (Lipinski definition) is 0. The van der Waals surface area contributed by atoms with E-state index in [2.05, 4.69) is 0 Å². The van der Waals surface area contributed by atoms with Crippen LogP contribution in [0.25, 0.3) is 0 Å². The highest BCUT2D eigenvalue weighted by atomic mass is 32.2. The van der Waals surface area contributed by atoms with Gasteiger partial charge in [-0.15, -0.1) is 0 Å². The van der Waals surface area contributed by atoms with Crippen LogP contribution in [0.3, 0.4) is 0 Å². The van der Waals surface area contributed by atoms with Gasteiger partial charge in [-0.05, 0) is 25.1 Å². The number of ether oxygens (including phenoxy) is 2. The lowest BCUT2D eigenvalue weighted by atomic mass is 10.2. The number of β-lactam (4-membered cyclic amide) rings is 1. The number of rotatable bonds is 3. The van der Waals surface area contributed by atoms with E-state index >= 15 is 0 Å². The molecule has 1 aromatic rings. The topological polar surface area (TPSA) is 99.0 Å². The lowest BCUT2D eigenvalue weighted by molar-refractivity contribution is -0.384. The summed E-state index contributed by atoms with van der Waals surface area (Å²) in [5, 5.41) is 10.5. The van der Waals surface area contributed by atoms with Crippen LogP contribution in [-0.4, -0.2) is 32.2 Å². The Kier molecular flexibility index (Phi) is 3.72. The second kappa shape index (κ2) is 5.58. The molecule has 2 aliphatic rings. The molecule has 23 heavy (non-hydrogen) atoms. The zero-order chi connectivity index (χ0) is 16.6. The van der Waals surface area contributed by atoms with Gasteiger partial charge in [0.25, 0.3) is 5.69 Å². The van der Waals surface area contributed by atoms with E-state index in [1.807, 2.05) is 0 Å². The van der Waals surface area contributed by atoms with Gasteiger partial charge in [0.05, 0.1) is 16.7 Å². The molecule has 0 radical (unpaired) electrons. The zero-order valence-corrected chi connectivity index (χ0v) is 12.8. The highest BCUT2D eigenvalue weighted by Gasteiger charge is 2.45. The number of nitro benzene ring substituents is 1. The number of nitrogens with zero attached hydrogens (tertiary/aromatic N) is 2. The Morgan fingerprint density at radius 1 is 1.43 bits per heavy atom. The Balaban J connectivity index is 1.61. The van der Waals surface area contributed by atoms with E-state index in [1.54, 1.807) is 24.1 Å². The summed E-state index contributed by atoms with van der Waals surface area (Å²) in [4.78, 5) is 33.8. The summed E-state index contributed by atoms with van der Waals surface area (Å²) in [6.07, 6.45) is 2.71. The van der Waals surface area contributed by atoms with E-state index in [0.29, 0.717) is 6.42 Å². The molecule has 120 valence electrons. The molecule has 0 aromatic heterocycles. The standard InChI is InChI=1S/C14H12N2O6S/c1-14(6-7-15-11(17)8-12(15)23-14)22-13(18)21-10-4-2-9(3-5-10)16(19)20/h2-7,12H,8H2,1H3/t12-,14?/m1/s1. The van der Waals surface area contributed by atoms with Gasteiger partial charge in [-0.3, -0.25) is 14.9 Å². The maximum atomic E-state index is 11.9. The van der Waals surface area contributed by atoms with Gasteiger partial charge in [-0.1, -0.05) is 11.8 Å². The molecule has 2 aliphatic heterocycles. The van der Waals surface area contributed by atoms with Crippen molar-refractivity contribution in [2.45, 2.75) is 23.7 Å². The first kappa shape index (κ1) is 15.3. The predicted octanol–water partition coefficient (Wildman–Crippen LogP) is 2.65. The summed E-state index contributed by atoms with van der Waals surface area (Å²) in [6.45, 7) is 1.70. The molecule has 0 aliphatic carbocycles. The van der Waals surface area contributed by atoms with E-state index in [9.17, 15) is 19.7 Å². The minimum atomic E-state index is -0.931. The Labute approximate surface area is 135 Å². The van der Waals surface area contributed by atoms with Crippen LogP contribution in [0, 0.1) is 10.1 Å². The van der Waals surface area contributed by atoms with E-state index in [1.165, 1.54) is 36.0 Å². The van der Waals surface area contributed by atoms with E-state index in [0.717, 1.165) is 0 Å². The Hall–Kier alpha value is -2.55. The van der Waals surface area contributed by atoms with Crippen molar-refractivity contribution in [3.8, 4) is 5.75 Å². The number of hydrogen-bond acceptors (Lipinski definition) is 7. The largest absolute Gasteiger partial charge is 0.515 e. The lowest BCUT2D eigenvalue weighted by Crippen LogP contribution is -2.52. The molecule has 8 nitrogen and oxygen atoms in total. The molecular weight excluding hydrogens is 324 g/mol. The zero-order valence-electron chi connectivity index (χ0n) is 12.0. The van der Waals surface area contributed by atoms with E-state index < -0.39 is 16.0 Å². The van der Waals surface area contributed by atoms with Gasteiger partial charge in [-0.25, -0.2) is 4.79 Å². The Morgan fingerprint density at radius 3 is 2.70 bits per heavy atom.